The fourth-order valence-corrected chi connectivity index (χ4v) is 4.55. The van der Waals surface area contributed by atoms with Crippen LogP contribution in [0.1, 0.15) is 16.1 Å². The standard InChI is InChI=1S/C28H28FN5O2/c1-36-21-12-10-20(11-13-21)14-15-30-28(35)26-22-6-2-3-7-23(22)27(32-31-26)34-18-16-33(17-19-34)25-9-5-4-8-24(25)29/h2-13H,14-19H2,1H3,(H,30,35). The van der Waals surface area contributed by atoms with Gasteiger partial charge in [0.2, 0.25) is 0 Å². The minimum absolute atomic E-state index is 0.210. The molecular formula is C28H28FN5O2. The molecule has 1 N–H and O–H groups in total. The van der Waals surface area contributed by atoms with Crippen LogP contribution >= 0.6 is 0 Å². The number of carbonyl (C=O) groups excluding carboxylic acids is 1. The van der Waals surface area contributed by atoms with Crippen molar-refractivity contribution in [2.24, 2.45) is 0 Å². The summed E-state index contributed by atoms with van der Waals surface area (Å²) >= 11 is 0. The smallest absolute Gasteiger partial charge is 0.272 e. The van der Waals surface area contributed by atoms with E-state index in [1.165, 1.54) is 6.07 Å². The highest BCUT2D eigenvalue weighted by Crippen LogP contribution is 2.28. The van der Waals surface area contributed by atoms with Crippen molar-refractivity contribution in [3.63, 3.8) is 0 Å². The van der Waals surface area contributed by atoms with Crippen LogP contribution in [0.3, 0.4) is 0 Å². The molecule has 0 unspecified atom stereocenters. The Labute approximate surface area is 209 Å². The lowest BCUT2D eigenvalue weighted by atomic mass is 10.1. The number of nitrogens with one attached hydrogen (secondary N) is 1. The van der Waals surface area contributed by atoms with Gasteiger partial charge in [0.1, 0.15) is 11.6 Å². The maximum atomic E-state index is 14.2. The quantitative estimate of drug-likeness (QED) is 0.426. The van der Waals surface area contributed by atoms with Crippen molar-refractivity contribution in [2.75, 3.05) is 49.6 Å². The third kappa shape index (κ3) is 4.93. The normalized spacial score (nSPS) is 13.6. The van der Waals surface area contributed by atoms with Gasteiger partial charge in [0.15, 0.2) is 11.5 Å². The summed E-state index contributed by atoms with van der Waals surface area (Å²) in [4.78, 5) is 17.2. The SMILES string of the molecule is COc1ccc(CCNC(=O)c2nnc(N3CCN(c4ccccc4F)CC3)c3ccccc23)cc1. The number of aromatic nitrogens is 2. The third-order valence-corrected chi connectivity index (χ3v) is 6.51. The summed E-state index contributed by atoms with van der Waals surface area (Å²) < 4.78 is 19.4. The number of piperazine rings is 1. The van der Waals surface area contributed by atoms with Gasteiger partial charge in [-0.1, -0.05) is 48.5 Å². The van der Waals surface area contributed by atoms with Crippen molar-refractivity contribution in [1.29, 1.82) is 0 Å². The lowest BCUT2D eigenvalue weighted by Crippen LogP contribution is -2.47. The van der Waals surface area contributed by atoms with E-state index < -0.39 is 0 Å². The molecule has 0 bridgehead atoms. The Hall–Kier alpha value is -4.20. The van der Waals surface area contributed by atoms with E-state index in [4.69, 9.17) is 4.74 Å². The molecule has 1 aliphatic heterocycles. The molecule has 1 saturated heterocycles. The van der Waals surface area contributed by atoms with E-state index in [0.29, 0.717) is 50.5 Å². The molecular weight excluding hydrogens is 457 g/mol. The first-order valence-electron chi connectivity index (χ1n) is 12.0. The molecule has 36 heavy (non-hydrogen) atoms. The number of hydrogen-bond acceptors (Lipinski definition) is 6. The summed E-state index contributed by atoms with van der Waals surface area (Å²) in [6.07, 6.45) is 0.700. The molecule has 2 heterocycles. The van der Waals surface area contributed by atoms with E-state index in [1.807, 2.05) is 65.6 Å². The molecule has 8 heteroatoms. The number of para-hydroxylation sites is 1. The highest BCUT2D eigenvalue weighted by atomic mass is 19.1. The number of benzene rings is 3. The first-order valence-corrected chi connectivity index (χ1v) is 12.0. The van der Waals surface area contributed by atoms with Crippen LogP contribution in [0, 0.1) is 5.82 Å². The Morgan fingerprint density at radius 1 is 0.889 bits per heavy atom. The molecule has 4 aromatic rings. The Morgan fingerprint density at radius 3 is 2.28 bits per heavy atom. The van der Waals surface area contributed by atoms with Crippen LogP contribution in [0.5, 0.6) is 5.75 Å². The van der Waals surface area contributed by atoms with Crippen LogP contribution in [-0.4, -0.2) is 55.9 Å². The minimum Gasteiger partial charge on any atom is -0.497 e. The number of hydrogen-bond donors (Lipinski definition) is 1. The predicted octanol–water partition coefficient (Wildman–Crippen LogP) is 4.08. The molecule has 0 atom stereocenters. The molecule has 0 saturated carbocycles. The number of methoxy groups -OCH3 is 1. The Balaban J connectivity index is 1.28. The molecule has 1 aliphatic rings. The third-order valence-electron chi connectivity index (χ3n) is 6.51. The molecule has 1 fully saturated rings. The molecule has 5 rings (SSSR count). The van der Waals surface area contributed by atoms with E-state index in [0.717, 1.165) is 27.9 Å². The van der Waals surface area contributed by atoms with Gasteiger partial charge < -0.3 is 19.9 Å². The number of amides is 1. The number of carbonyl (C=O) groups is 1. The Morgan fingerprint density at radius 2 is 1.56 bits per heavy atom. The zero-order chi connectivity index (χ0) is 24.9. The van der Waals surface area contributed by atoms with Crippen molar-refractivity contribution < 1.29 is 13.9 Å². The van der Waals surface area contributed by atoms with Gasteiger partial charge in [-0.3, -0.25) is 4.79 Å². The number of anilines is 2. The fourth-order valence-electron chi connectivity index (χ4n) is 4.55. The Kier molecular flexibility index (Phi) is 6.93. The fraction of sp³-hybridized carbons (Fsp3) is 0.250. The van der Waals surface area contributed by atoms with Crippen LogP contribution in [0.4, 0.5) is 15.9 Å². The zero-order valence-corrected chi connectivity index (χ0v) is 20.2. The topological polar surface area (TPSA) is 70.6 Å². The molecule has 0 spiro atoms. The van der Waals surface area contributed by atoms with E-state index in [9.17, 15) is 9.18 Å². The van der Waals surface area contributed by atoms with Crippen LogP contribution < -0.4 is 19.9 Å². The second-order valence-electron chi connectivity index (χ2n) is 8.70. The lowest BCUT2D eigenvalue weighted by Gasteiger charge is -2.37. The van der Waals surface area contributed by atoms with E-state index >= 15 is 0 Å². The number of fused-ring (bicyclic) bond motifs is 1. The molecule has 7 nitrogen and oxygen atoms in total. The first kappa shape index (κ1) is 23.5. The largest absolute Gasteiger partial charge is 0.497 e. The summed E-state index contributed by atoms with van der Waals surface area (Å²) in [6.45, 7) is 3.19. The van der Waals surface area contributed by atoms with Gasteiger partial charge in [-0.25, -0.2) is 4.39 Å². The maximum absolute atomic E-state index is 14.2. The number of rotatable bonds is 7. The molecule has 184 valence electrons. The molecule has 3 aromatic carbocycles. The highest BCUT2D eigenvalue weighted by molar-refractivity contribution is 6.07. The van der Waals surface area contributed by atoms with Crippen LogP contribution in [0.15, 0.2) is 72.8 Å². The van der Waals surface area contributed by atoms with Crippen LogP contribution in [0.25, 0.3) is 10.8 Å². The van der Waals surface area contributed by atoms with Gasteiger partial charge in [-0.15, -0.1) is 10.2 Å². The molecule has 1 aromatic heterocycles. The van der Waals surface area contributed by atoms with Crippen molar-refractivity contribution in [3.05, 3.63) is 89.9 Å². The number of ether oxygens (including phenoxy) is 1. The number of nitrogens with zero attached hydrogens (tertiary/aromatic N) is 4. The predicted molar refractivity (Wildman–Crippen MR) is 139 cm³/mol. The van der Waals surface area contributed by atoms with Gasteiger partial charge in [-0.05, 0) is 36.2 Å². The first-order chi connectivity index (χ1) is 17.6. The van der Waals surface area contributed by atoms with Crippen molar-refractivity contribution in [2.45, 2.75) is 6.42 Å². The van der Waals surface area contributed by atoms with E-state index in [-0.39, 0.29) is 11.7 Å². The summed E-state index contributed by atoms with van der Waals surface area (Å²) in [7, 11) is 1.64. The second-order valence-corrected chi connectivity index (χ2v) is 8.70. The molecule has 0 aliphatic carbocycles. The van der Waals surface area contributed by atoms with Gasteiger partial charge in [0.05, 0.1) is 12.8 Å². The lowest BCUT2D eigenvalue weighted by molar-refractivity contribution is 0.0950. The van der Waals surface area contributed by atoms with Crippen LogP contribution in [-0.2, 0) is 6.42 Å². The number of halogens is 1. The van der Waals surface area contributed by atoms with Gasteiger partial charge in [0, 0.05) is 43.5 Å². The summed E-state index contributed by atoms with van der Waals surface area (Å²) in [5.41, 5.74) is 2.04. The minimum atomic E-state index is -0.247. The summed E-state index contributed by atoms with van der Waals surface area (Å²) in [5, 5.41) is 13.4. The Bertz CT molecular complexity index is 1350. The summed E-state index contributed by atoms with van der Waals surface area (Å²) in [5.74, 6) is 1.09. The van der Waals surface area contributed by atoms with Gasteiger partial charge in [0.25, 0.3) is 5.91 Å². The average molecular weight is 486 g/mol. The van der Waals surface area contributed by atoms with E-state index in [1.54, 1.807) is 13.2 Å². The van der Waals surface area contributed by atoms with Gasteiger partial charge in [-0.2, -0.15) is 0 Å². The highest BCUT2D eigenvalue weighted by Gasteiger charge is 2.23. The average Bonchev–Trinajstić information content (AvgIpc) is 2.93. The van der Waals surface area contributed by atoms with Crippen molar-refractivity contribution in [3.8, 4) is 5.75 Å². The van der Waals surface area contributed by atoms with Crippen molar-refractivity contribution in [1.82, 2.24) is 15.5 Å². The summed E-state index contributed by atoms with van der Waals surface area (Å²) in [6, 6.07) is 22.4. The zero-order valence-electron chi connectivity index (χ0n) is 20.2. The maximum Gasteiger partial charge on any atom is 0.272 e. The van der Waals surface area contributed by atoms with Crippen molar-refractivity contribution >= 4 is 28.2 Å². The molecule has 1 amide bonds. The van der Waals surface area contributed by atoms with Crippen LogP contribution in [0.2, 0.25) is 0 Å². The van der Waals surface area contributed by atoms with E-state index in [2.05, 4.69) is 20.4 Å². The second kappa shape index (κ2) is 10.6. The molecule has 0 radical (unpaired) electrons. The van der Waals surface area contributed by atoms with Gasteiger partial charge >= 0.3 is 0 Å². The monoisotopic (exact) mass is 485 g/mol.